The second-order valence-corrected chi connectivity index (χ2v) is 5.16. The molecule has 1 rings (SSSR count). The Morgan fingerprint density at radius 3 is 2.73 bits per heavy atom. The van der Waals surface area contributed by atoms with Crippen LogP contribution in [0.15, 0.2) is 5.38 Å². The molecule has 1 N–H and O–H groups in total. The van der Waals surface area contributed by atoms with Crippen LogP contribution in [0.1, 0.15) is 43.8 Å². The van der Waals surface area contributed by atoms with E-state index in [-0.39, 0.29) is 12.3 Å². The van der Waals surface area contributed by atoms with Crippen molar-refractivity contribution in [1.29, 1.82) is 0 Å². The van der Waals surface area contributed by atoms with E-state index < -0.39 is 5.97 Å². The summed E-state index contributed by atoms with van der Waals surface area (Å²) in [7, 11) is 0. The standard InChI is InChI=1S/C11H17NO2S/c1-7(2)4-9-6-15-11(12-9)8(3)5-10(13)14/h6-8H,4-5H2,1-3H3,(H,13,14). The molecule has 84 valence electrons. The van der Waals surface area contributed by atoms with E-state index in [1.165, 1.54) is 0 Å². The monoisotopic (exact) mass is 227 g/mol. The average molecular weight is 227 g/mol. The molecule has 0 amide bonds. The van der Waals surface area contributed by atoms with E-state index in [4.69, 9.17) is 5.11 Å². The van der Waals surface area contributed by atoms with E-state index >= 15 is 0 Å². The number of thiazole rings is 1. The molecule has 0 aliphatic carbocycles. The fourth-order valence-electron chi connectivity index (χ4n) is 1.41. The van der Waals surface area contributed by atoms with Gasteiger partial charge in [0.15, 0.2) is 0 Å². The molecular weight excluding hydrogens is 210 g/mol. The van der Waals surface area contributed by atoms with Crippen molar-refractivity contribution in [3.63, 3.8) is 0 Å². The number of carbonyl (C=O) groups is 1. The number of rotatable bonds is 5. The van der Waals surface area contributed by atoms with Gasteiger partial charge in [-0.05, 0) is 12.3 Å². The van der Waals surface area contributed by atoms with Crippen LogP contribution >= 0.6 is 11.3 Å². The second kappa shape index (κ2) is 5.26. The number of hydrogen-bond donors (Lipinski definition) is 1. The summed E-state index contributed by atoms with van der Waals surface area (Å²) in [6.45, 7) is 6.21. The smallest absolute Gasteiger partial charge is 0.304 e. The first-order valence-corrected chi connectivity index (χ1v) is 6.03. The van der Waals surface area contributed by atoms with Crippen LogP contribution in [-0.2, 0) is 11.2 Å². The van der Waals surface area contributed by atoms with Crippen molar-refractivity contribution in [2.24, 2.45) is 5.92 Å². The summed E-state index contributed by atoms with van der Waals surface area (Å²) >= 11 is 1.57. The number of carboxylic acids is 1. The van der Waals surface area contributed by atoms with E-state index in [1.54, 1.807) is 11.3 Å². The van der Waals surface area contributed by atoms with Crippen molar-refractivity contribution in [2.45, 2.75) is 39.5 Å². The van der Waals surface area contributed by atoms with Crippen LogP contribution in [0.5, 0.6) is 0 Å². The summed E-state index contributed by atoms with van der Waals surface area (Å²) in [5, 5.41) is 11.6. The van der Waals surface area contributed by atoms with Crippen LogP contribution in [0.2, 0.25) is 0 Å². The van der Waals surface area contributed by atoms with Gasteiger partial charge in [0.1, 0.15) is 0 Å². The minimum Gasteiger partial charge on any atom is -0.481 e. The molecule has 1 heterocycles. The van der Waals surface area contributed by atoms with E-state index in [0.717, 1.165) is 17.1 Å². The number of aromatic nitrogens is 1. The number of carboxylic acid groups (broad SMARTS) is 1. The quantitative estimate of drug-likeness (QED) is 0.841. The maximum absolute atomic E-state index is 10.5. The Labute approximate surface area is 94.2 Å². The van der Waals surface area contributed by atoms with Crippen molar-refractivity contribution >= 4 is 17.3 Å². The van der Waals surface area contributed by atoms with Gasteiger partial charge in [-0.25, -0.2) is 4.98 Å². The molecule has 0 saturated carbocycles. The van der Waals surface area contributed by atoms with Gasteiger partial charge < -0.3 is 5.11 Å². The molecule has 15 heavy (non-hydrogen) atoms. The third kappa shape index (κ3) is 4.00. The van der Waals surface area contributed by atoms with Crippen molar-refractivity contribution in [1.82, 2.24) is 4.98 Å². The average Bonchev–Trinajstić information content (AvgIpc) is 2.50. The number of aliphatic carboxylic acids is 1. The summed E-state index contributed by atoms with van der Waals surface area (Å²) in [5.74, 6) is -0.147. The lowest BCUT2D eigenvalue weighted by atomic mass is 10.1. The molecular formula is C11H17NO2S. The normalized spacial score (nSPS) is 13.1. The molecule has 1 aromatic rings. The molecule has 0 spiro atoms. The molecule has 1 atom stereocenters. The van der Waals surface area contributed by atoms with Crippen molar-refractivity contribution in [3.8, 4) is 0 Å². The minimum absolute atomic E-state index is 0.0217. The fraction of sp³-hybridized carbons (Fsp3) is 0.636. The Balaban J connectivity index is 2.62. The molecule has 0 aromatic carbocycles. The summed E-state index contributed by atoms with van der Waals surface area (Å²) in [4.78, 5) is 15.0. The molecule has 0 saturated heterocycles. The Hall–Kier alpha value is -0.900. The van der Waals surface area contributed by atoms with Crippen LogP contribution in [0.4, 0.5) is 0 Å². The van der Waals surface area contributed by atoms with Gasteiger partial charge in [0, 0.05) is 11.3 Å². The van der Waals surface area contributed by atoms with E-state index in [1.807, 2.05) is 12.3 Å². The van der Waals surface area contributed by atoms with Crippen LogP contribution < -0.4 is 0 Å². The van der Waals surface area contributed by atoms with Crippen LogP contribution in [0.3, 0.4) is 0 Å². The minimum atomic E-state index is -0.761. The Morgan fingerprint density at radius 1 is 1.53 bits per heavy atom. The van der Waals surface area contributed by atoms with Gasteiger partial charge in [-0.1, -0.05) is 20.8 Å². The Bertz CT molecular complexity index is 333. The topological polar surface area (TPSA) is 50.2 Å². The lowest BCUT2D eigenvalue weighted by molar-refractivity contribution is -0.137. The van der Waals surface area contributed by atoms with Crippen LogP contribution in [0.25, 0.3) is 0 Å². The number of nitrogens with zero attached hydrogens (tertiary/aromatic N) is 1. The highest BCUT2D eigenvalue weighted by molar-refractivity contribution is 7.09. The van der Waals surface area contributed by atoms with Crippen LogP contribution in [-0.4, -0.2) is 16.1 Å². The zero-order valence-electron chi connectivity index (χ0n) is 9.36. The van der Waals surface area contributed by atoms with Gasteiger partial charge in [0.05, 0.1) is 17.1 Å². The highest BCUT2D eigenvalue weighted by Gasteiger charge is 2.14. The molecule has 1 unspecified atom stereocenters. The zero-order valence-corrected chi connectivity index (χ0v) is 10.2. The van der Waals surface area contributed by atoms with Crippen LogP contribution in [0, 0.1) is 5.92 Å². The van der Waals surface area contributed by atoms with E-state index in [0.29, 0.717) is 5.92 Å². The molecule has 0 fully saturated rings. The highest BCUT2D eigenvalue weighted by Crippen LogP contribution is 2.23. The first kappa shape index (κ1) is 12.2. The Morgan fingerprint density at radius 2 is 2.20 bits per heavy atom. The van der Waals surface area contributed by atoms with Gasteiger partial charge in [-0.2, -0.15) is 0 Å². The molecule has 0 aliphatic rings. The maximum Gasteiger partial charge on any atom is 0.304 e. The summed E-state index contributed by atoms with van der Waals surface area (Å²) in [6.07, 6.45) is 1.13. The van der Waals surface area contributed by atoms with Gasteiger partial charge >= 0.3 is 5.97 Å². The van der Waals surface area contributed by atoms with Crippen molar-refractivity contribution in [2.75, 3.05) is 0 Å². The summed E-state index contributed by atoms with van der Waals surface area (Å²) in [6, 6.07) is 0. The molecule has 0 bridgehead atoms. The zero-order chi connectivity index (χ0) is 11.4. The van der Waals surface area contributed by atoms with Crippen molar-refractivity contribution in [3.05, 3.63) is 16.1 Å². The van der Waals surface area contributed by atoms with Crippen molar-refractivity contribution < 1.29 is 9.90 Å². The lowest BCUT2D eigenvalue weighted by Gasteiger charge is -2.03. The molecule has 4 heteroatoms. The molecule has 1 aromatic heterocycles. The predicted octanol–water partition coefficient (Wildman–Crippen LogP) is 2.92. The third-order valence-electron chi connectivity index (χ3n) is 2.09. The predicted molar refractivity (Wildman–Crippen MR) is 61.3 cm³/mol. The third-order valence-corrected chi connectivity index (χ3v) is 3.21. The molecule has 0 radical (unpaired) electrons. The van der Waals surface area contributed by atoms with E-state index in [9.17, 15) is 4.79 Å². The largest absolute Gasteiger partial charge is 0.481 e. The van der Waals surface area contributed by atoms with Gasteiger partial charge in [-0.3, -0.25) is 4.79 Å². The summed E-state index contributed by atoms with van der Waals surface area (Å²) in [5.41, 5.74) is 1.09. The van der Waals surface area contributed by atoms with Gasteiger partial charge in [0.25, 0.3) is 0 Å². The van der Waals surface area contributed by atoms with E-state index in [2.05, 4.69) is 18.8 Å². The lowest BCUT2D eigenvalue weighted by Crippen LogP contribution is -2.03. The first-order valence-electron chi connectivity index (χ1n) is 5.15. The summed E-state index contributed by atoms with van der Waals surface area (Å²) < 4.78 is 0. The SMILES string of the molecule is CC(C)Cc1csc(C(C)CC(=O)O)n1. The molecule has 3 nitrogen and oxygen atoms in total. The first-order chi connectivity index (χ1) is 6.99. The molecule has 0 aliphatic heterocycles. The van der Waals surface area contributed by atoms with Gasteiger partial charge in [0.2, 0.25) is 0 Å². The number of hydrogen-bond acceptors (Lipinski definition) is 3. The fourth-order valence-corrected chi connectivity index (χ4v) is 2.30. The maximum atomic E-state index is 10.5. The highest BCUT2D eigenvalue weighted by atomic mass is 32.1. The second-order valence-electron chi connectivity index (χ2n) is 4.27. The van der Waals surface area contributed by atoms with Gasteiger partial charge in [-0.15, -0.1) is 11.3 Å². The Kier molecular flexibility index (Phi) is 4.27.